The summed E-state index contributed by atoms with van der Waals surface area (Å²) in [5.41, 5.74) is 1.70. The van der Waals surface area contributed by atoms with E-state index in [4.69, 9.17) is 16.7 Å². The SMILES string of the molecule is Cc1ccc(NC(=O)C(C)SCCCO)cc1Cl. The van der Waals surface area contributed by atoms with Crippen LogP contribution < -0.4 is 5.32 Å². The van der Waals surface area contributed by atoms with Crippen molar-refractivity contribution in [1.82, 2.24) is 0 Å². The molecule has 0 fully saturated rings. The molecule has 0 saturated carbocycles. The lowest BCUT2D eigenvalue weighted by Crippen LogP contribution is -2.22. The van der Waals surface area contributed by atoms with E-state index in [0.717, 1.165) is 11.3 Å². The fourth-order valence-electron chi connectivity index (χ4n) is 1.31. The summed E-state index contributed by atoms with van der Waals surface area (Å²) >= 11 is 7.53. The van der Waals surface area contributed by atoms with Gasteiger partial charge in [-0.05, 0) is 43.7 Å². The predicted octanol–water partition coefficient (Wildman–Crippen LogP) is 3.09. The third kappa shape index (κ3) is 4.88. The minimum Gasteiger partial charge on any atom is -0.396 e. The Morgan fingerprint density at radius 3 is 2.89 bits per heavy atom. The van der Waals surface area contributed by atoms with Crippen molar-refractivity contribution in [2.24, 2.45) is 0 Å². The van der Waals surface area contributed by atoms with Crippen LogP contribution in [0, 0.1) is 6.92 Å². The Bertz CT molecular complexity index is 412. The van der Waals surface area contributed by atoms with E-state index in [0.29, 0.717) is 17.1 Å². The predicted molar refractivity (Wildman–Crippen MR) is 78.4 cm³/mol. The molecule has 1 aromatic carbocycles. The molecule has 0 aliphatic rings. The van der Waals surface area contributed by atoms with Crippen LogP contribution in [-0.4, -0.2) is 28.6 Å². The Morgan fingerprint density at radius 2 is 2.28 bits per heavy atom. The molecular formula is C13H18ClNO2S. The minimum absolute atomic E-state index is 0.0436. The smallest absolute Gasteiger partial charge is 0.237 e. The molecule has 1 rings (SSSR count). The van der Waals surface area contributed by atoms with Crippen molar-refractivity contribution in [3.8, 4) is 0 Å². The zero-order valence-corrected chi connectivity index (χ0v) is 12.1. The van der Waals surface area contributed by atoms with E-state index in [1.165, 1.54) is 11.8 Å². The average molecular weight is 288 g/mol. The summed E-state index contributed by atoms with van der Waals surface area (Å²) in [6.45, 7) is 3.93. The molecule has 5 heteroatoms. The first kappa shape index (κ1) is 15.3. The summed E-state index contributed by atoms with van der Waals surface area (Å²) < 4.78 is 0. The zero-order valence-electron chi connectivity index (χ0n) is 10.6. The van der Waals surface area contributed by atoms with Gasteiger partial charge < -0.3 is 10.4 Å². The number of aliphatic hydroxyl groups is 1. The van der Waals surface area contributed by atoms with E-state index < -0.39 is 0 Å². The zero-order chi connectivity index (χ0) is 13.5. The molecule has 0 aliphatic carbocycles. The van der Waals surface area contributed by atoms with E-state index in [-0.39, 0.29) is 17.8 Å². The van der Waals surface area contributed by atoms with Crippen LogP contribution in [0.4, 0.5) is 5.69 Å². The van der Waals surface area contributed by atoms with Crippen molar-refractivity contribution in [3.63, 3.8) is 0 Å². The molecule has 3 nitrogen and oxygen atoms in total. The first-order valence-electron chi connectivity index (χ1n) is 5.84. The van der Waals surface area contributed by atoms with Crippen LogP contribution in [-0.2, 0) is 4.79 Å². The second kappa shape index (κ2) is 7.67. The molecule has 18 heavy (non-hydrogen) atoms. The highest BCUT2D eigenvalue weighted by Crippen LogP contribution is 2.21. The lowest BCUT2D eigenvalue weighted by Gasteiger charge is -2.12. The molecule has 1 amide bonds. The molecule has 0 spiro atoms. The van der Waals surface area contributed by atoms with E-state index in [1.807, 2.05) is 26.0 Å². The molecular weight excluding hydrogens is 270 g/mol. The van der Waals surface area contributed by atoms with Crippen molar-refractivity contribution < 1.29 is 9.90 Å². The number of anilines is 1. The van der Waals surface area contributed by atoms with Gasteiger partial charge in [-0.1, -0.05) is 17.7 Å². The Morgan fingerprint density at radius 1 is 1.56 bits per heavy atom. The van der Waals surface area contributed by atoms with Gasteiger partial charge in [-0.2, -0.15) is 0 Å². The summed E-state index contributed by atoms with van der Waals surface area (Å²) in [6, 6.07) is 5.46. The molecule has 2 N–H and O–H groups in total. The normalized spacial score (nSPS) is 12.2. The van der Waals surface area contributed by atoms with Gasteiger partial charge in [0, 0.05) is 17.3 Å². The lowest BCUT2D eigenvalue weighted by molar-refractivity contribution is -0.115. The number of amides is 1. The Kier molecular flexibility index (Phi) is 6.54. The van der Waals surface area contributed by atoms with E-state index in [9.17, 15) is 4.79 Å². The second-order valence-corrected chi connectivity index (χ2v) is 5.90. The number of carbonyl (C=O) groups is 1. The monoisotopic (exact) mass is 287 g/mol. The number of hydrogen-bond acceptors (Lipinski definition) is 3. The summed E-state index contributed by atoms with van der Waals surface area (Å²) in [5, 5.41) is 12.0. The first-order chi connectivity index (χ1) is 8.54. The number of aryl methyl sites for hydroxylation is 1. The van der Waals surface area contributed by atoms with E-state index in [1.54, 1.807) is 6.07 Å². The van der Waals surface area contributed by atoms with Gasteiger partial charge in [-0.15, -0.1) is 11.8 Å². The largest absolute Gasteiger partial charge is 0.396 e. The van der Waals surface area contributed by atoms with Crippen LogP contribution in [0.5, 0.6) is 0 Å². The average Bonchev–Trinajstić information content (AvgIpc) is 2.34. The topological polar surface area (TPSA) is 49.3 Å². The highest BCUT2D eigenvalue weighted by molar-refractivity contribution is 8.00. The van der Waals surface area contributed by atoms with Crippen molar-refractivity contribution in [3.05, 3.63) is 28.8 Å². The molecule has 1 aromatic rings. The number of hydrogen-bond donors (Lipinski definition) is 2. The highest BCUT2D eigenvalue weighted by Gasteiger charge is 2.13. The lowest BCUT2D eigenvalue weighted by atomic mass is 10.2. The molecule has 0 saturated heterocycles. The summed E-state index contributed by atoms with van der Waals surface area (Å²) in [7, 11) is 0. The van der Waals surface area contributed by atoms with Gasteiger partial charge in [0.2, 0.25) is 5.91 Å². The fourth-order valence-corrected chi connectivity index (χ4v) is 2.36. The summed E-state index contributed by atoms with van der Waals surface area (Å²) in [4.78, 5) is 11.9. The highest BCUT2D eigenvalue weighted by atomic mass is 35.5. The molecule has 0 radical (unpaired) electrons. The standard InChI is InChI=1S/C13H18ClNO2S/c1-9-4-5-11(8-12(9)14)15-13(17)10(2)18-7-3-6-16/h4-5,8,10,16H,3,6-7H2,1-2H3,(H,15,17). The first-order valence-corrected chi connectivity index (χ1v) is 7.26. The molecule has 0 bridgehead atoms. The fraction of sp³-hybridized carbons (Fsp3) is 0.462. The number of halogens is 1. The van der Waals surface area contributed by atoms with Gasteiger partial charge in [0.15, 0.2) is 0 Å². The van der Waals surface area contributed by atoms with Crippen LogP contribution in [0.3, 0.4) is 0 Å². The molecule has 0 aliphatic heterocycles. The van der Waals surface area contributed by atoms with Gasteiger partial charge in [0.25, 0.3) is 0 Å². The minimum atomic E-state index is -0.142. The van der Waals surface area contributed by atoms with Gasteiger partial charge in [0.05, 0.1) is 5.25 Å². The van der Waals surface area contributed by atoms with Gasteiger partial charge in [-0.3, -0.25) is 4.79 Å². The molecule has 0 aromatic heterocycles. The Balaban J connectivity index is 2.50. The van der Waals surface area contributed by atoms with Gasteiger partial charge in [-0.25, -0.2) is 0 Å². The Hall–Kier alpha value is -0.710. The van der Waals surface area contributed by atoms with Crippen LogP contribution in [0.15, 0.2) is 18.2 Å². The number of benzene rings is 1. The van der Waals surface area contributed by atoms with E-state index in [2.05, 4.69) is 5.32 Å². The second-order valence-electron chi connectivity index (χ2n) is 4.04. The van der Waals surface area contributed by atoms with Gasteiger partial charge in [0.1, 0.15) is 0 Å². The van der Waals surface area contributed by atoms with Crippen molar-refractivity contribution >= 4 is 35.0 Å². The quantitative estimate of drug-likeness (QED) is 0.791. The molecule has 1 atom stereocenters. The maximum absolute atomic E-state index is 11.9. The van der Waals surface area contributed by atoms with Crippen LogP contribution in [0.25, 0.3) is 0 Å². The summed E-state index contributed by atoms with van der Waals surface area (Å²) in [5.74, 6) is 0.734. The van der Waals surface area contributed by atoms with Crippen LogP contribution in [0.1, 0.15) is 18.9 Å². The number of carbonyl (C=O) groups excluding carboxylic acids is 1. The number of aliphatic hydroxyl groups excluding tert-OH is 1. The van der Waals surface area contributed by atoms with Crippen molar-refractivity contribution in [2.45, 2.75) is 25.5 Å². The molecule has 0 heterocycles. The van der Waals surface area contributed by atoms with Crippen molar-refractivity contribution in [1.29, 1.82) is 0 Å². The van der Waals surface area contributed by atoms with Gasteiger partial charge >= 0.3 is 0 Å². The maximum atomic E-state index is 11.9. The third-order valence-electron chi connectivity index (χ3n) is 2.48. The third-order valence-corrected chi connectivity index (χ3v) is 4.12. The van der Waals surface area contributed by atoms with E-state index >= 15 is 0 Å². The number of nitrogens with one attached hydrogen (secondary N) is 1. The maximum Gasteiger partial charge on any atom is 0.237 e. The number of thioether (sulfide) groups is 1. The van der Waals surface area contributed by atoms with Crippen molar-refractivity contribution in [2.75, 3.05) is 17.7 Å². The number of rotatable bonds is 6. The molecule has 1 unspecified atom stereocenters. The Labute approximate surface area is 117 Å². The molecule has 100 valence electrons. The summed E-state index contributed by atoms with van der Waals surface area (Å²) in [6.07, 6.45) is 0.707. The van der Waals surface area contributed by atoms with Crippen LogP contribution in [0.2, 0.25) is 5.02 Å². The van der Waals surface area contributed by atoms with Crippen LogP contribution >= 0.6 is 23.4 Å².